The lowest BCUT2D eigenvalue weighted by atomic mass is 10.0. The zero-order valence-corrected chi connectivity index (χ0v) is 17.7. The van der Waals surface area contributed by atoms with Crippen LogP contribution in [0.4, 0.5) is 0 Å². The molecule has 28 heavy (non-hydrogen) atoms. The average molecular weight is 394 g/mol. The fourth-order valence-corrected chi connectivity index (χ4v) is 3.86. The molecule has 1 heterocycles. The number of hydrogen-bond donors (Lipinski definition) is 1. The highest BCUT2D eigenvalue weighted by Gasteiger charge is 2.16. The average Bonchev–Trinajstić information content (AvgIpc) is 3.17. The van der Waals surface area contributed by atoms with E-state index in [1.54, 1.807) is 0 Å². The Labute approximate surface area is 171 Å². The maximum absolute atomic E-state index is 12.7. The molecule has 0 radical (unpaired) electrons. The molecule has 4 heteroatoms. The van der Waals surface area contributed by atoms with Crippen LogP contribution in [0, 0.1) is 20.8 Å². The molecule has 0 aliphatic rings. The van der Waals surface area contributed by atoms with Crippen LogP contribution in [-0.2, 0) is 6.61 Å². The van der Waals surface area contributed by atoms with Crippen molar-refractivity contribution >= 4 is 17.2 Å². The second kappa shape index (κ2) is 9.07. The molecule has 3 aromatic rings. The first-order valence-electron chi connectivity index (χ1n) is 9.61. The normalized spacial score (nSPS) is 11.9. The molecule has 0 saturated carbocycles. The van der Waals surface area contributed by atoms with Crippen LogP contribution < -0.4 is 10.1 Å². The van der Waals surface area contributed by atoms with Gasteiger partial charge in [-0.15, -0.1) is 11.3 Å². The monoisotopic (exact) mass is 393 g/mol. The molecular weight excluding hydrogens is 366 g/mol. The summed E-state index contributed by atoms with van der Waals surface area (Å²) < 4.78 is 5.95. The molecule has 0 fully saturated rings. The predicted molar refractivity (Wildman–Crippen MR) is 116 cm³/mol. The van der Waals surface area contributed by atoms with Gasteiger partial charge >= 0.3 is 0 Å². The van der Waals surface area contributed by atoms with Crippen molar-refractivity contribution in [1.29, 1.82) is 0 Å². The summed E-state index contributed by atoms with van der Waals surface area (Å²) in [7, 11) is 0. The number of benzene rings is 2. The van der Waals surface area contributed by atoms with Crippen LogP contribution >= 0.6 is 11.3 Å². The molecule has 0 saturated heterocycles. The first-order valence-corrected chi connectivity index (χ1v) is 10.5. The molecule has 2 aromatic carbocycles. The molecule has 0 bridgehead atoms. The number of hydrogen-bond acceptors (Lipinski definition) is 3. The minimum atomic E-state index is -0.0320. The number of carbonyl (C=O) groups is 1. The van der Waals surface area contributed by atoms with Gasteiger partial charge in [0.2, 0.25) is 0 Å². The summed E-state index contributed by atoms with van der Waals surface area (Å²) >= 11 is 1.46. The molecule has 0 spiro atoms. The lowest BCUT2D eigenvalue weighted by molar-refractivity contribution is 0.0939. The Bertz CT molecular complexity index is 943. The van der Waals surface area contributed by atoms with E-state index in [1.165, 1.54) is 22.5 Å². The van der Waals surface area contributed by atoms with Crippen molar-refractivity contribution in [1.82, 2.24) is 5.32 Å². The molecule has 1 aromatic heterocycles. The third-order valence-corrected chi connectivity index (χ3v) is 6.00. The molecule has 3 nitrogen and oxygen atoms in total. The Kier molecular flexibility index (Phi) is 6.53. The Morgan fingerprint density at radius 2 is 1.86 bits per heavy atom. The highest BCUT2D eigenvalue weighted by molar-refractivity contribution is 7.12. The van der Waals surface area contributed by atoms with Crippen molar-refractivity contribution in [2.75, 3.05) is 0 Å². The highest BCUT2D eigenvalue weighted by atomic mass is 32.1. The summed E-state index contributed by atoms with van der Waals surface area (Å²) in [4.78, 5) is 13.4. The molecule has 0 aliphatic carbocycles. The summed E-state index contributed by atoms with van der Waals surface area (Å²) in [6, 6.07) is 16.3. The summed E-state index contributed by atoms with van der Waals surface area (Å²) in [5, 5.41) is 5.15. The van der Waals surface area contributed by atoms with Crippen LogP contribution in [0.3, 0.4) is 0 Å². The minimum Gasteiger partial charge on any atom is -0.489 e. The number of carbonyl (C=O) groups excluding carboxylic acids is 1. The van der Waals surface area contributed by atoms with E-state index < -0.39 is 0 Å². The van der Waals surface area contributed by atoms with Crippen LogP contribution in [0.15, 0.2) is 53.9 Å². The van der Waals surface area contributed by atoms with Crippen LogP contribution in [0.1, 0.15) is 56.9 Å². The van der Waals surface area contributed by atoms with Crippen LogP contribution in [0.2, 0.25) is 0 Å². The van der Waals surface area contributed by atoms with Gasteiger partial charge in [-0.05, 0) is 61.4 Å². The van der Waals surface area contributed by atoms with Gasteiger partial charge in [-0.1, -0.05) is 48.9 Å². The molecular formula is C24H27NO2S. The Balaban J connectivity index is 1.63. The van der Waals surface area contributed by atoms with Crippen molar-refractivity contribution < 1.29 is 9.53 Å². The topological polar surface area (TPSA) is 38.3 Å². The van der Waals surface area contributed by atoms with Gasteiger partial charge in [-0.2, -0.15) is 0 Å². The fourth-order valence-electron chi connectivity index (χ4n) is 3.06. The molecule has 1 unspecified atom stereocenters. The Morgan fingerprint density at radius 3 is 2.57 bits per heavy atom. The second-order valence-corrected chi connectivity index (χ2v) is 8.06. The molecule has 0 aliphatic heterocycles. The molecule has 3 rings (SSSR count). The van der Waals surface area contributed by atoms with Crippen molar-refractivity contribution in [3.8, 4) is 5.75 Å². The van der Waals surface area contributed by atoms with Crippen LogP contribution in [0.5, 0.6) is 5.75 Å². The van der Waals surface area contributed by atoms with E-state index in [4.69, 9.17) is 4.74 Å². The van der Waals surface area contributed by atoms with Gasteiger partial charge < -0.3 is 10.1 Å². The molecule has 1 atom stereocenters. The fraction of sp³-hybridized carbons (Fsp3) is 0.292. The lowest BCUT2D eigenvalue weighted by Crippen LogP contribution is -2.27. The van der Waals surface area contributed by atoms with Crippen molar-refractivity contribution in [3.05, 3.63) is 86.6 Å². The highest BCUT2D eigenvalue weighted by Crippen LogP contribution is 2.24. The first kappa shape index (κ1) is 20.2. The zero-order chi connectivity index (χ0) is 20.1. The molecule has 1 amide bonds. The maximum Gasteiger partial charge on any atom is 0.261 e. The van der Waals surface area contributed by atoms with E-state index >= 15 is 0 Å². The van der Waals surface area contributed by atoms with E-state index in [0.717, 1.165) is 28.9 Å². The van der Waals surface area contributed by atoms with Gasteiger partial charge in [0.1, 0.15) is 12.4 Å². The number of ether oxygens (including phenoxy) is 1. The minimum absolute atomic E-state index is 0.0184. The Morgan fingerprint density at radius 1 is 1.11 bits per heavy atom. The van der Waals surface area contributed by atoms with Gasteiger partial charge in [-0.3, -0.25) is 4.79 Å². The summed E-state index contributed by atoms with van der Waals surface area (Å²) in [6.45, 7) is 8.75. The SMILES string of the molecule is CCC(NC(=O)c1cc(COc2cccc(C)c2C)cs1)c1ccc(C)cc1. The van der Waals surface area contributed by atoms with Gasteiger partial charge in [0.15, 0.2) is 0 Å². The van der Waals surface area contributed by atoms with E-state index in [1.807, 2.05) is 23.6 Å². The Hall–Kier alpha value is -2.59. The van der Waals surface area contributed by atoms with Crippen LogP contribution in [-0.4, -0.2) is 5.91 Å². The van der Waals surface area contributed by atoms with E-state index in [9.17, 15) is 4.79 Å². The second-order valence-electron chi connectivity index (χ2n) is 7.15. The standard InChI is InChI=1S/C24H27NO2S/c1-5-21(20-11-9-16(2)10-12-20)25-24(26)23-13-19(15-28-23)14-27-22-8-6-7-17(3)18(22)4/h6-13,15,21H,5,14H2,1-4H3,(H,25,26). The summed E-state index contributed by atoms with van der Waals surface area (Å²) in [5.41, 5.74) is 5.73. The third-order valence-electron chi connectivity index (χ3n) is 5.02. The largest absolute Gasteiger partial charge is 0.489 e. The maximum atomic E-state index is 12.7. The lowest BCUT2D eigenvalue weighted by Gasteiger charge is -2.17. The van der Waals surface area contributed by atoms with E-state index in [2.05, 4.69) is 63.3 Å². The number of thiophene rings is 1. The van der Waals surface area contributed by atoms with E-state index in [0.29, 0.717) is 11.5 Å². The van der Waals surface area contributed by atoms with Crippen molar-refractivity contribution in [2.45, 2.75) is 46.8 Å². The molecule has 146 valence electrons. The third kappa shape index (κ3) is 4.82. The van der Waals surface area contributed by atoms with Gasteiger partial charge in [0, 0.05) is 5.56 Å². The smallest absolute Gasteiger partial charge is 0.261 e. The zero-order valence-electron chi connectivity index (χ0n) is 16.9. The van der Waals surface area contributed by atoms with Crippen LogP contribution in [0.25, 0.3) is 0 Å². The van der Waals surface area contributed by atoms with E-state index in [-0.39, 0.29) is 11.9 Å². The molecule has 1 N–H and O–H groups in total. The number of aryl methyl sites for hydroxylation is 2. The number of amides is 1. The van der Waals surface area contributed by atoms with Gasteiger partial charge in [0.25, 0.3) is 5.91 Å². The van der Waals surface area contributed by atoms with Gasteiger partial charge in [0.05, 0.1) is 10.9 Å². The number of rotatable bonds is 7. The first-order chi connectivity index (χ1) is 13.5. The summed E-state index contributed by atoms with van der Waals surface area (Å²) in [6.07, 6.45) is 0.850. The summed E-state index contributed by atoms with van der Waals surface area (Å²) in [5.74, 6) is 0.859. The van der Waals surface area contributed by atoms with Crippen molar-refractivity contribution in [3.63, 3.8) is 0 Å². The van der Waals surface area contributed by atoms with Gasteiger partial charge in [-0.25, -0.2) is 0 Å². The predicted octanol–water partition coefficient (Wildman–Crippen LogP) is 6.13. The number of nitrogens with one attached hydrogen (secondary N) is 1. The van der Waals surface area contributed by atoms with Crippen molar-refractivity contribution in [2.24, 2.45) is 0 Å². The quantitative estimate of drug-likeness (QED) is 0.524.